The second-order valence-electron chi connectivity index (χ2n) is 7.53. The number of hydrogen-bond donors (Lipinski definition) is 1. The molecule has 2 N–H and O–H groups in total. The lowest BCUT2D eigenvalue weighted by atomic mass is 10.2. The quantitative estimate of drug-likeness (QED) is 0.909. The minimum atomic E-state index is -0.483. The van der Waals surface area contributed by atoms with E-state index < -0.39 is 11.5 Å². The molecule has 0 unspecified atom stereocenters. The number of hydrogen-bond acceptors (Lipinski definition) is 5. The van der Waals surface area contributed by atoms with E-state index >= 15 is 0 Å². The lowest BCUT2D eigenvalue weighted by molar-refractivity contribution is -0.117. The molecule has 1 fully saturated rings. The zero-order chi connectivity index (χ0) is 18.9. The van der Waals surface area contributed by atoms with Gasteiger partial charge in [0.2, 0.25) is 5.91 Å². The van der Waals surface area contributed by atoms with Gasteiger partial charge in [-0.15, -0.1) is 0 Å². The van der Waals surface area contributed by atoms with Crippen molar-refractivity contribution in [1.82, 2.24) is 4.90 Å². The SMILES string of the molecule is CC(C)(C)OC(=O)N1CCN(c2ccc3oc(CC(N)=O)cc3c2)CC1. The van der Waals surface area contributed by atoms with Gasteiger partial charge >= 0.3 is 6.09 Å². The van der Waals surface area contributed by atoms with E-state index in [1.54, 1.807) is 4.90 Å². The zero-order valence-corrected chi connectivity index (χ0v) is 15.4. The molecule has 2 aromatic rings. The second kappa shape index (κ2) is 6.90. The average Bonchev–Trinajstić information content (AvgIpc) is 2.93. The third kappa shape index (κ3) is 4.28. The molecule has 0 radical (unpaired) electrons. The molecule has 1 aromatic heterocycles. The van der Waals surface area contributed by atoms with E-state index in [4.69, 9.17) is 14.9 Å². The second-order valence-corrected chi connectivity index (χ2v) is 7.53. The van der Waals surface area contributed by atoms with Gasteiger partial charge in [0, 0.05) is 37.3 Å². The number of anilines is 1. The van der Waals surface area contributed by atoms with Crippen molar-refractivity contribution >= 4 is 28.7 Å². The molecule has 3 rings (SSSR count). The lowest BCUT2D eigenvalue weighted by Crippen LogP contribution is -2.50. The Labute approximate surface area is 152 Å². The van der Waals surface area contributed by atoms with Crippen LogP contribution in [0.5, 0.6) is 0 Å². The van der Waals surface area contributed by atoms with Crippen molar-refractivity contribution < 1.29 is 18.7 Å². The third-order valence-electron chi connectivity index (χ3n) is 4.20. The summed E-state index contributed by atoms with van der Waals surface area (Å²) in [5.41, 5.74) is 6.53. The van der Waals surface area contributed by atoms with Gasteiger partial charge in [-0.25, -0.2) is 4.79 Å². The van der Waals surface area contributed by atoms with Gasteiger partial charge in [-0.05, 0) is 45.0 Å². The smallest absolute Gasteiger partial charge is 0.410 e. The predicted octanol–water partition coefficient (Wildman–Crippen LogP) is 2.52. The number of ether oxygens (including phenoxy) is 1. The Balaban J connectivity index is 1.65. The van der Waals surface area contributed by atoms with Gasteiger partial charge in [-0.1, -0.05) is 0 Å². The summed E-state index contributed by atoms with van der Waals surface area (Å²) in [5, 5.41) is 0.938. The highest BCUT2D eigenvalue weighted by molar-refractivity contribution is 5.84. The Bertz CT molecular complexity index is 814. The highest BCUT2D eigenvalue weighted by atomic mass is 16.6. The van der Waals surface area contributed by atoms with Crippen LogP contribution in [0.2, 0.25) is 0 Å². The number of nitrogens with zero attached hydrogens (tertiary/aromatic N) is 2. The standard InChI is InChI=1S/C19H25N3O4/c1-19(2,3)26-18(24)22-8-6-21(7-9-22)14-4-5-16-13(10-14)11-15(25-16)12-17(20)23/h4-5,10-11H,6-9,12H2,1-3H3,(H2,20,23). The number of amides is 2. The Hall–Kier alpha value is -2.70. The van der Waals surface area contributed by atoms with Crippen molar-refractivity contribution in [2.45, 2.75) is 32.8 Å². The molecule has 2 heterocycles. The summed E-state index contributed by atoms with van der Waals surface area (Å²) in [6.07, 6.45) is -0.169. The molecule has 1 aliphatic heterocycles. The van der Waals surface area contributed by atoms with Gasteiger partial charge in [0.1, 0.15) is 16.9 Å². The summed E-state index contributed by atoms with van der Waals surface area (Å²) < 4.78 is 11.1. The predicted molar refractivity (Wildman–Crippen MR) is 99.1 cm³/mol. The van der Waals surface area contributed by atoms with Crippen LogP contribution in [-0.2, 0) is 16.0 Å². The molecular weight excluding hydrogens is 334 g/mol. The Morgan fingerprint density at radius 1 is 1.15 bits per heavy atom. The van der Waals surface area contributed by atoms with E-state index in [-0.39, 0.29) is 12.5 Å². The normalized spacial score (nSPS) is 15.3. The molecule has 1 saturated heterocycles. The molecule has 140 valence electrons. The summed E-state index contributed by atoms with van der Waals surface area (Å²) in [6.45, 7) is 8.30. The summed E-state index contributed by atoms with van der Waals surface area (Å²) in [6, 6.07) is 7.77. The number of rotatable bonds is 3. The van der Waals surface area contributed by atoms with E-state index in [2.05, 4.69) is 4.90 Å². The molecular formula is C19H25N3O4. The molecule has 0 saturated carbocycles. The van der Waals surface area contributed by atoms with Crippen LogP contribution >= 0.6 is 0 Å². The van der Waals surface area contributed by atoms with Crippen LogP contribution in [0, 0.1) is 0 Å². The topological polar surface area (TPSA) is 89.0 Å². The van der Waals surface area contributed by atoms with Crippen LogP contribution < -0.4 is 10.6 Å². The zero-order valence-electron chi connectivity index (χ0n) is 15.4. The van der Waals surface area contributed by atoms with Gasteiger partial charge in [-0.3, -0.25) is 4.79 Å². The minimum absolute atomic E-state index is 0.0958. The van der Waals surface area contributed by atoms with Gasteiger partial charge in [0.05, 0.1) is 6.42 Å². The molecule has 7 heteroatoms. The summed E-state index contributed by atoms with van der Waals surface area (Å²) in [7, 11) is 0. The molecule has 1 aromatic carbocycles. The maximum atomic E-state index is 12.2. The van der Waals surface area contributed by atoms with Crippen LogP contribution in [0.1, 0.15) is 26.5 Å². The first-order valence-corrected chi connectivity index (χ1v) is 8.75. The monoisotopic (exact) mass is 359 g/mol. The first-order chi connectivity index (χ1) is 12.2. The van der Waals surface area contributed by atoms with Crippen molar-refractivity contribution in [3.8, 4) is 0 Å². The van der Waals surface area contributed by atoms with Crippen LogP contribution in [0.3, 0.4) is 0 Å². The lowest BCUT2D eigenvalue weighted by Gasteiger charge is -2.36. The van der Waals surface area contributed by atoms with Crippen molar-refractivity contribution in [1.29, 1.82) is 0 Å². The summed E-state index contributed by atoms with van der Waals surface area (Å²) >= 11 is 0. The summed E-state index contributed by atoms with van der Waals surface area (Å²) in [5.74, 6) is 0.155. The average molecular weight is 359 g/mol. The fourth-order valence-electron chi connectivity index (χ4n) is 3.01. The Morgan fingerprint density at radius 2 is 1.85 bits per heavy atom. The van der Waals surface area contributed by atoms with Gasteiger partial charge < -0.3 is 24.7 Å². The molecule has 0 spiro atoms. The molecule has 0 bridgehead atoms. The number of nitrogens with two attached hydrogens (primary N) is 1. The first-order valence-electron chi connectivity index (χ1n) is 8.75. The van der Waals surface area contributed by atoms with Crippen LogP contribution in [0.15, 0.2) is 28.7 Å². The fourth-order valence-corrected chi connectivity index (χ4v) is 3.01. The van der Waals surface area contributed by atoms with E-state index in [1.807, 2.05) is 45.0 Å². The van der Waals surface area contributed by atoms with Crippen LogP contribution in [0.4, 0.5) is 10.5 Å². The van der Waals surface area contributed by atoms with E-state index in [0.717, 1.165) is 29.7 Å². The van der Waals surface area contributed by atoms with Crippen molar-refractivity contribution in [3.63, 3.8) is 0 Å². The maximum Gasteiger partial charge on any atom is 0.410 e. The highest BCUT2D eigenvalue weighted by Gasteiger charge is 2.26. The van der Waals surface area contributed by atoms with Gasteiger partial charge in [0.25, 0.3) is 0 Å². The van der Waals surface area contributed by atoms with Crippen molar-refractivity contribution in [2.24, 2.45) is 5.73 Å². The number of primary amides is 1. The molecule has 26 heavy (non-hydrogen) atoms. The molecule has 0 atom stereocenters. The molecule has 0 aliphatic carbocycles. The number of piperazine rings is 1. The molecule has 7 nitrogen and oxygen atoms in total. The van der Waals surface area contributed by atoms with Crippen LogP contribution in [0.25, 0.3) is 11.0 Å². The molecule has 2 amide bonds. The number of carbonyl (C=O) groups is 2. The van der Waals surface area contributed by atoms with Gasteiger partial charge in [-0.2, -0.15) is 0 Å². The van der Waals surface area contributed by atoms with Crippen LogP contribution in [-0.4, -0.2) is 48.7 Å². The largest absolute Gasteiger partial charge is 0.461 e. The minimum Gasteiger partial charge on any atom is -0.461 e. The first kappa shape index (κ1) is 18.1. The summed E-state index contributed by atoms with van der Waals surface area (Å²) in [4.78, 5) is 27.2. The Kier molecular flexibility index (Phi) is 4.80. The van der Waals surface area contributed by atoms with Crippen molar-refractivity contribution in [2.75, 3.05) is 31.1 Å². The van der Waals surface area contributed by atoms with E-state index in [1.165, 1.54) is 0 Å². The number of fused-ring (bicyclic) bond motifs is 1. The number of benzene rings is 1. The third-order valence-corrected chi connectivity index (χ3v) is 4.20. The molecule has 1 aliphatic rings. The van der Waals surface area contributed by atoms with E-state index in [9.17, 15) is 9.59 Å². The number of carbonyl (C=O) groups excluding carboxylic acids is 2. The van der Waals surface area contributed by atoms with E-state index in [0.29, 0.717) is 18.8 Å². The maximum absolute atomic E-state index is 12.2. The Morgan fingerprint density at radius 3 is 2.46 bits per heavy atom. The fraction of sp³-hybridized carbons (Fsp3) is 0.474. The highest BCUT2D eigenvalue weighted by Crippen LogP contribution is 2.26. The van der Waals surface area contributed by atoms with Crippen molar-refractivity contribution in [3.05, 3.63) is 30.0 Å². The number of furan rings is 1. The van der Waals surface area contributed by atoms with Gasteiger partial charge in [0.15, 0.2) is 0 Å².